The fourth-order valence-electron chi connectivity index (χ4n) is 4.72. The second-order valence-corrected chi connectivity index (χ2v) is 6.41. The van der Waals surface area contributed by atoms with Crippen LogP contribution in [0.15, 0.2) is 12.2 Å². The highest BCUT2D eigenvalue weighted by molar-refractivity contribution is 6.01. The van der Waals surface area contributed by atoms with Gasteiger partial charge >= 0.3 is 17.9 Å². The van der Waals surface area contributed by atoms with Crippen LogP contribution in [0.3, 0.4) is 0 Å². The summed E-state index contributed by atoms with van der Waals surface area (Å²) >= 11 is 0. The van der Waals surface area contributed by atoms with Crippen LogP contribution in [0.2, 0.25) is 0 Å². The van der Waals surface area contributed by atoms with Crippen molar-refractivity contribution in [1.29, 1.82) is 0 Å². The Hall–Kier alpha value is -1.85. The molecule has 120 valence electrons. The summed E-state index contributed by atoms with van der Waals surface area (Å²) in [7, 11) is 2.51. The molecule has 4 fully saturated rings. The van der Waals surface area contributed by atoms with Crippen molar-refractivity contribution in [2.24, 2.45) is 23.2 Å². The first kappa shape index (κ1) is 15.1. The fourth-order valence-corrected chi connectivity index (χ4v) is 4.72. The summed E-state index contributed by atoms with van der Waals surface area (Å²) in [5.74, 6) is -1.97. The van der Waals surface area contributed by atoms with Crippen molar-refractivity contribution in [3.8, 4) is 0 Å². The maximum absolute atomic E-state index is 12.5. The van der Waals surface area contributed by atoms with Crippen LogP contribution in [0.5, 0.6) is 0 Å². The highest BCUT2D eigenvalue weighted by Gasteiger charge is 2.68. The molecule has 2 bridgehead atoms. The molecule has 2 heterocycles. The van der Waals surface area contributed by atoms with E-state index in [0.717, 1.165) is 12.0 Å². The molecular formula is C16H20O6. The summed E-state index contributed by atoms with van der Waals surface area (Å²) in [6.07, 6.45) is 1.55. The third kappa shape index (κ3) is 1.82. The summed E-state index contributed by atoms with van der Waals surface area (Å²) in [6.45, 7) is 4.07. The van der Waals surface area contributed by atoms with Crippen molar-refractivity contribution in [3.05, 3.63) is 12.2 Å². The molecule has 6 heteroatoms. The van der Waals surface area contributed by atoms with Crippen LogP contribution in [-0.2, 0) is 28.6 Å². The van der Waals surface area contributed by atoms with Crippen LogP contribution in [0, 0.1) is 23.2 Å². The Morgan fingerprint density at radius 2 is 1.86 bits per heavy atom. The summed E-state index contributed by atoms with van der Waals surface area (Å²) in [6, 6.07) is 0. The van der Waals surface area contributed by atoms with E-state index in [9.17, 15) is 14.4 Å². The van der Waals surface area contributed by atoms with E-state index in [4.69, 9.17) is 14.2 Å². The number of fused-ring (bicyclic) bond motifs is 3. The Bertz CT molecular complexity index is 535. The summed E-state index contributed by atoms with van der Waals surface area (Å²) in [4.78, 5) is 36.9. The van der Waals surface area contributed by atoms with E-state index in [1.165, 1.54) is 14.2 Å². The smallest absolute Gasteiger partial charge is 0.324 e. The van der Waals surface area contributed by atoms with Gasteiger partial charge in [0.25, 0.3) is 0 Å². The quantitative estimate of drug-likeness (QED) is 0.330. The number of methoxy groups -OCH3 is 2. The number of ether oxygens (including phenoxy) is 3. The maximum atomic E-state index is 12.5. The Morgan fingerprint density at radius 1 is 1.23 bits per heavy atom. The SMILES string of the molecule is C=C1CC(C(=O)OC)(C(=O)OC)C2C3CCC(CC(=O)O3)C12. The Labute approximate surface area is 128 Å². The van der Waals surface area contributed by atoms with Crippen LogP contribution in [-0.4, -0.2) is 38.2 Å². The lowest BCUT2D eigenvalue weighted by molar-refractivity contribution is -0.181. The molecular weight excluding hydrogens is 288 g/mol. The molecule has 6 nitrogen and oxygen atoms in total. The van der Waals surface area contributed by atoms with Gasteiger partial charge in [0.15, 0.2) is 5.41 Å². The molecule has 0 N–H and O–H groups in total. The third-order valence-corrected chi connectivity index (χ3v) is 5.47. The normalized spacial score (nSPS) is 35.4. The van der Waals surface area contributed by atoms with E-state index in [1.54, 1.807) is 0 Å². The number of hydrogen-bond donors (Lipinski definition) is 0. The zero-order valence-corrected chi connectivity index (χ0v) is 12.8. The number of hydrogen-bond acceptors (Lipinski definition) is 6. The predicted octanol–water partition coefficient (Wildman–Crippen LogP) is 1.24. The zero-order valence-electron chi connectivity index (χ0n) is 12.8. The number of carbonyl (C=O) groups excluding carboxylic acids is 3. The van der Waals surface area contributed by atoms with Crippen molar-refractivity contribution < 1.29 is 28.6 Å². The van der Waals surface area contributed by atoms with Gasteiger partial charge in [0.1, 0.15) is 6.10 Å². The molecule has 0 amide bonds. The average molecular weight is 308 g/mol. The molecule has 2 saturated heterocycles. The molecule has 4 atom stereocenters. The van der Waals surface area contributed by atoms with Gasteiger partial charge in [-0.05, 0) is 31.1 Å². The second kappa shape index (κ2) is 5.11. The van der Waals surface area contributed by atoms with Gasteiger partial charge in [0.05, 0.1) is 14.2 Å². The Morgan fingerprint density at radius 3 is 2.45 bits per heavy atom. The third-order valence-electron chi connectivity index (χ3n) is 5.47. The van der Waals surface area contributed by atoms with Crippen LogP contribution in [0.1, 0.15) is 25.7 Å². The van der Waals surface area contributed by atoms with Crippen LogP contribution in [0.4, 0.5) is 0 Å². The molecule has 0 aromatic carbocycles. The van der Waals surface area contributed by atoms with Gasteiger partial charge in [-0.2, -0.15) is 0 Å². The first-order valence-electron chi connectivity index (χ1n) is 7.49. The van der Waals surface area contributed by atoms with Gasteiger partial charge < -0.3 is 14.2 Å². The summed E-state index contributed by atoms with van der Waals surface area (Å²) in [5, 5.41) is 0. The van der Waals surface area contributed by atoms with E-state index in [1.807, 2.05) is 0 Å². The van der Waals surface area contributed by atoms with Crippen molar-refractivity contribution in [1.82, 2.24) is 0 Å². The number of carbonyl (C=O) groups is 3. The molecule has 4 rings (SSSR count). The molecule has 2 aliphatic heterocycles. The highest BCUT2D eigenvalue weighted by Crippen LogP contribution is 2.60. The second-order valence-electron chi connectivity index (χ2n) is 6.41. The minimum absolute atomic E-state index is 0.0694. The largest absolute Gasteiger partial charge is 0.468 e. The molecule has 2 aliphatic carbocycles. The van der Waals surface area contributed by atoms with Gasteiger partial charge in [-0.25, -0.2) is 0 Å². The van der Waals surface area contributed by atoms with E-state index >= 15 is 0 Å². The average Bonchev–Trinajstić information content (AvgIpc) is 2.63. The monoisotopic (exact) mass is 308 g/mol. The van der Waals surface area contributed by atoms with Crippen molar-refractivity contribution in [2.75, 3.05) is 14.2 Å². The van der Waals surface area contributed by atoms with E-state index < -0.39 is 29.4 Å². The Kier molecular flexibility index (Phi) is 3.50. The van der Waals surface area contributed by atoms with Crippen LogP contribution < -0.4 is 0 Å². The van der Waals surface area contributed by atoms with Gasteiger partial charge in [-0.3, -0.25) is 14.4 Å². The number of allylic oxidation sites excluding steroid dienone is 1. The minimum Gasteiger partial charge on any atom is -0.468 e. The van der Waals surface area contributed by atoms with E-state index in [-0.39, 0.29) is 24.2 Å². The highest BCUT2D eigenvalue weighted by atomic mass is 16.6. The molecule has 0 radical (unpaired) electrons. The topological polar surface area (TPSA) is 78.9 Å². The van der Waals surface area contributed by atoms with Gasteiger partial charge in [0.2, 0.25) is 0 Å². The van der Waals surface area contributed by atoms with Crippen LogP contribution >= 0.6 is 0 Å². The van der Waals surface area contributed by atoms with Gasteiger partial charge in [-0.15, -0.1) is 0 Å². The van der Waals surface area contributed by atoms with Crippen molar-refractivity contribution in [2.45, 2.75) is 31.8 Å². The lowest BCUT2D eigenvalue weighted by atomic mass is 9.64. The first-order chi connectivity index (χ1) is 10.5. The number of esters is 3. The lowest BCUT2D eigenvalue weighted by Crippen LogP contribution is -2.51. The first-order valence-corrected chi connectivity index (χ1v) is 7.49. The van der Waals surface area contributed by atoms with Crippen molar-refractivity contribution in [3.63, 3.8) is 0 Å². The maximum Gasteiger partial charge on any atom is 0.324 e. The molecule has 0 aromatic heterocycles. The zero-order chi connectivity index (χ0) is 16.1. The predicted molar refractivity (Wildman–Crippen MR) is 74.4 cm³/mol. The number of rotatable bonds is 2. The fraction of sp³-hybridized carbons (Fsp3) is 0.688. The van der Waals surface area contributed by atoms with E-state index in [0.29, 0.717) is 12.8 Å². The molecule has 0 spiro atoms. The molecule has 0 aromatic rings. The molecule has 4 aliphatic rings. The van der Waals surface area contributed by atoms with Gasteiger partial charge in [0, 0.05) is 12.3 Å². The van der Waals surface area contributed by atoms with E-state index in [2.05, 4.69) is 6.58 Å². The lowest BCUT2D eigenvalue weighted by Gasteiger charge is -2.40. The molecule has 4 unspecified atom stereocenters. The summed E-state index contributed by atoms with van der Waals surface area (Å²) < 4.78 is 15.3. The van der Waals surface area contributed by atoms with Crippen LogP contribution in [0.25, 0.3) is 0 Å². The van der Waals surface area contributed by atoms with Crippen molar-refractivity contribution >= 4 is 17.9 Å². The molecule has 2 saturated carbocycles. The standard InChI is InChI=1S/C16H20O6/c1-8-7-16(14(18)20-2,15(19)21-3)13-10-5-4-9(12(8)13)6-11(17)22-10/h9-10,12-13H,1,4-7H2,2-3H3. The summed E-state index contributed by atoms with van der Waals surface area (Å²) in [5.41, 5.74) is -0.632. The molecule has 22 heavy (non-hydrogen) atoms. The Balaban J connectivity index is 2.13. The minimum atomic E-state index is -1.45. The van der Waals surface area contributed by atoms with Gasteiger partial charge in [-0.1, -0.05) is 12.2 Å².